The van der Waals surface area contributed by atoms with Crippen LogP contribution < -0.4 is 37.6 Å². The minimum absolute atomic E-state index is 0.0885. The molecule has 0 radical (unpaired) electrons. The quantitative estimate of drug-likeness (QED) is 0.0463. The fraction of sp³-hybridized carbons (Fsp3) is 0.463. The van der Waals surface area contributed by atoms with Gasteiger partial charge in [-0.1, -0.05) is 80.9 Å². The molecule has 0 fully saturated rings. The summed E-state index contributed by atoms with van der Waals surface area (Å²) in [6.45, 7) is 4.37. The molecule has 22 heteroatoms. The van der Waals surface area contributed by atoms with Crippen molar-refractivity contribution in [3.8, 4) is 0 Å². The van der Waals surface area contributed by atoms with Gasteiger partial charge in [-0.2, -0.15) is 0 Å². The highest BCUT2D eigenvalue weighted by Crippen LogP contribution is 2.12. The molecule has 0 aliphatic rings. The molecule has 0 saturated heterocycles. The Labute approximate surface area is 361 Å². The first-order valence-electron chi connectivity index (χ1n) is 19.8. The second kappa shape index (κ2) is 25.7. The summed E-state index contributed by atoms with van der Waals surface area (Å²) in [5, 5.41) is 62.0. The Morgan fingerprint density at radius 1 is 0.524 bits per heavy atom. The van der Waals surface area contributed by atoms with E-state index in [-0.39, 0.29) is 19.3 Å². The minimum atomic E-state index is -1.99. The Morgan fingerprint density at radius 2 is 0.937 bits per heavy atom. The number of aliphatic carboxylic acids is 4. The highest BCUT2D eigenvalue weighted by molar-refractivity contribution is 5.99. The average Bonchev–Trinajstić information content (AvgIpc) is 3.21. The number of carboxylic acids is 4. The summed E-state index contributed by atoms with van der Waals surface area (Å²) in [6, 6.07) is 5.07. The van der Waals surface area contributed by atoms with Gasteiger partial charge in [0.05, 0.1) is 25.0 Å². The Balaban J connectivity index is 2.31. The van der Waals surface area contributed by atoms with Crippen molar-refractivity contribution in [2.24, 2.45) is 11.7 Å². The molecule has 2 rings (SSSR count). The Bertz CT molecular complexity index is 1930. The fourth-order valence-electron chi connectivity index (χ4n) is 6.00. The van der Waals surface area contributed by atoms with Crippen molar-refractivity contribution in [1.82, 2.24) is 31.9 Å². The summed E-state index contributed by atoms with van der Waals surface area (Å²) in [4.78, 5) is 128. The number of aliphatic hydroxyl groups is 1. The van der Waals surface area contributed by atoms with Crippen LogP contribution in [0.4, 0.5) is 0 Å². The summed E-state index contributed by atoms with van der Waals surface area (Å²) in [5.41, 5.74) is 7.26. The van der Waals surface area contributed by atoms with Crippen molar-refractivity contribution < 1.29 is 73.5 Å². The normalized spacial score (nSPS) is 15.2. The van der Waals surface area contributed by atoms with Crippen molar-refractivity contribution >= 4 is 59.3 Å². The molecule has 0 aliphatic heterocycles. The van der Waals surface area contributed by atoms with Gasteiger partial charge >= 0.3 is 23.9 Å². The van der Waals surface area contributed by atoms with E-state index >= 15 is 0 Å². The van der Waals surface area contributed by atoms with Crippen LogP contribution in [0.15, 0.2) is 60.7 Å². The van der Waals surface area contributed by atoms with Gasteiger partial charge < -0.3 is 63.2 Å². The Kier molecular flexibility index (Phi) is 21.3. The molecule has 344 valence electrons. The molecule has 0 aliphatic carbocycles. The average molecular weight is 886 g/mol. The predicted molar refractivity (Wildman–Crippen MR) is 220 cm³/mol. The lowest BCUT2D eigenvalue weighted by Crippen LogP contribution is -2.62. The van der Waals surface area contributed by atoms with Crippen molar-refractivity contribution in [3.63, 3.8) is 0 Å². The molecule has 22 nitrogen and oxygen atoms in total. The van der Waals surface area contributed by atoms with Gasteiger partial charge in [-0.3, -0.25) is 43.2 Å². The van der Waals surface area contributed by atoms with Gasteiger partial charge in [0.2, 0.25) is 35.4 Å². The second-order valence-corrected chi connectivity index (χ2v) is 14.8. The largest absolute Gasteiger partial charge is 0.481 e. The van der Waals surface area contributed by atoms with Gasteiger partial charge in [0, 0.05) is 12.8 Å². The lowest BCUT2D eigenvalue weighted by atomic mass is 9.96. The monoisotopic (exact) mass is 885 g/mol. The summed E-state index contributed by atoms with van der Waals surface area (Å²) in [6.07, 6.45) is -5.10. The number of carbonyl (C=O) groups is 10. The zero-order valence-electron chi connectivity index (χ0n) is 34.8. The van der Waals surface area contributed by atoms with E-state index in [4.69, 9.17) is 5.73 Å². The minimum Gasteiger partial charge on any atom is -0.481 e. The molecule has 0 spiro atoms. The smallest absolute Gasteiger partial charge is 0.326 e. The Morgan fingerprint density at radius 3 is 1.38 bits per heavy atom. The number of hydrogen-bond acceptors (Lipinski definition) is 12. The first-order valence-corrected chi connectivity index (χ1v) is 19.8. The fourth-order valence-corrected chi connectivity index (χ4v) is 6.00. The second-order valence-electron chi connectivity index (χ2n) is 14.8. The van der Waals surface area contributed by atoms with Crippen LogP contribution in [0.3, 0.4) is 0 Å². The molecule has 0 aromatic heterocycles. The van der Waals surface area contributed by atoms with E-state index in [1.807, 2.05) is 0 Å². The molecular weight excluding hydrogens is 830 g/mol. The maximum absolute atomic E-state index is 13.7. The summed E-state index contributed by atoms with van der Waals surface area (Å²) in [7, 11) is 0. The molecule has 2 aromatic carbocycles. The molecule has 2 aromatic rings. The molecule has 9 atom stereocenters. The Hall–Kier alpha value is -6.94. The van der Waals surface area contributed by atoms with Crippen LogP contribution in [0.25, 0.3) is 0 Å². The van der Waals surface area contributed by atoms with Crippen molar-refractivity contribution in [2.75, 3.05) is 0 Å². The number of carbonyl (C=O) groups excluding carboxylic acids is 6. The number of nitrogens with two attached hydrogens (primary N) is 1. The van der Waals surface area contributed by atoms with Crippen LogP contribution in [-0.2, 0) is 60.8 Å². The number of hydrogen-bond donors (Lipinski definition) is 12. The molecule has 0 saturated carbocycles. The third kappa shape index (κ3) is 18.3. The molecule has 0 heterocycles. The molecule has 9 unspecified atom stereocenters. The molecular formula is C41H55N7O15. The highest BCUT2D eigenvalue weighted by Gasteiger charge is 2.37. The van der Waals surface area contributed by atoms with E-state index in [0.29, 0.717) is 5.56 Å². The lowest BCUT2D eigenvalue weighted by Gasteiger charge is -2.29. The van der Waals surface area contributed by atoms with Gasteiger partial charge in [-0.25, -0.2) is 4.79 Å². The zero-order chi connectivity index (χ0) is 47.4. The van der Waals surface area contributed by atoms with Crippen LogP contribution >= 0.6 is 0 Å². The summed E-state index contributed by atoms with van der Waals surface area (Å²) < 4.78 is 0. The topological polar surface area (TPSA) is 370 Å². The molecule has 63 heavy (non-hydrogen) atoms. The highest BCUT2D eigenvalue weighted by atomic mass is 16.4. The number of aliphatic hydroxyl groups excluding tert-OH is 1. The van der Waals surface area contributed by atoms with E-state index in [1.54, 1.807) is 67.6 Å². The maximum Gasteiger partial charge on any atom is 0.326 e. The van der Waals surface area contributed by atoms with Crippen LogP contribution in [0, 0.1) is 5.92 Å². The van der Waals surface area contributed by atoms with Crippen molar-refractivity contribution in [1.29, 1.82) is 0 Å². The SMILES string of the molecule is CCC(C)C(NC(=O)C(NC(=O)C(N)Cc1ccccc1)C(C)O)C(=O)NC(CC(=O)O)C(=O)NC(CCC(=O)O)C(=O)NC(CC(=O)O)C(=O)NC(Cc1ccccc1)C(=O)O. The number of nitrogens with one attached hydrogen (secondary N) is 6. The molecule has 6 amide bonds. The number of benzene rings is 2. The molecule has 13 N–H and O–H groups in total. The van der Waals surface area contributed by atoms with Crippen LogP contribution in [0.2, 0.25) is 0 Å². The zero-order valence-corrected chi connectivity index (χ0v) is 34.8. The first kappa shape index (κ1) is 52.2. The van der Waals surface area contributed by atoms with E-state index in [9.17, 15) is 73.5 Å². The first-order chi connectivity index (χ1) is 29.6. The van der Waals surface area contributed by atoms with Gasteiger partial charge in [0.1, 0.15) is 36.3 Å². The standard InChI is InChI=1S/C41H55N7O15/c1-4-21(2)33(47-40(61)34(22(3)49)48-35(56)25(42)17-23-11-7-5-8-12-23)39(60)45-28(20-32(54)55)37(58)43-26(15-16-30(50)51)36(57)44-27(19-31(52)53)38(59)46-29(41(62)63)18-24-13-9-6-10-14-24/h5-14,21-22,25-29,33-34,49H,4,15-20,42H2,1-3H3,(H,43,58)(H,44,57)(H,45,60)(H,46,59)(H,47,61)(H,48,56)(H,50,51)(H,52,53)(H,54,55)(H,62,63). The van der Waals surface area contributed by atoms with Gasteiger partial charge in [-0.05, 0) is 36.8 Å². The van der Waals surface area contributed by atoms with E-state index < -0.39 is 139 Å². The van der Waals surface area contributed by atoms with E-state index in [1.165, 1.54) is 13.8 Å². The van der Waals surface area contributed by atoms with Crippen LogP contribution in [0.5, 0.6) is 0 Å². The third-order valence-electron chi connectivity index (χ3n) is 9.69. The molecule has 0 bridgehead atoms. The van der Waals surface area contributed by atoms with Crippen LogP contribution in [-0.4, -0.2) is 133 Å². The van der Waals surface area contributed by atoms with Crippen molar-refractivity contribution in [2.45, 2.75) is 114 Å². The van der Waals surface area contributed by atoms with E-state index in [2.05, 4.69) is 31.9 Å². The van der Waals surface area contributed by atoms with Crippen LogP contribution in [0.1, 0.15) is 64.0 Å². The van der Waals surface area contributed by atoms with Gasteiger partial charge in [0.15, 0.2) is 0 Å². The third-order valence-corrected chi connectivity index (χ3v) is 9.69. The maximum atomic E-state index is 13.7. The summed E-state index contributed by atoms with van der Waals surface area (Å²) in [5.74, 6) is -13.8. The number of rotatable bonds is 27. The van der Waals surface area contributed by atoms with Gasteiger partial charge in [0.25, 0.3) is 0 Å². The lowest BCUT2D eigenvalue weighted by molar-refractivity contribution is -0.143. The predicted octanol–water partition coefficient (Wildman–Crippen LogP) is -1.97. The van der Waals surface area contributed by atoms with Crippen molar-refractivity contribution in [3.05, 3.63) is 71.8 Å². The summed E-state index contributed by atoms with van der Waals surface area (Å²) >= 11 is 0. The number of carboxylic acid groups (broad SMARTS) is 4. The van der Waals surface area contributed by atoms with E-state index in [0.717, 1.165) is 5.56 Å². The van der Waals surface area contributed by atoms with Gasteiger partial charge in [-0.15, -0.1) is 0 Å². The number of amides is 6.